The van der Waals surface area contributed by atoms with E-state index in [9.17, 15) is 18.0 Å². The first-order valence-electron chi connectivity index (χ1n) is 8.52. The topological polar surface area (TPSA) is 63.7 Å². The summed E-state index contributed by atoms with van der Waals surface area (Å²) in [6, 6.07) is 2.83. The van der Waals surface area contributed by atoms with Gasteiger partial charge in [-0.05, 0) is 12.0 Å². The molecule has 26 heavy (non-hydrogen) atoms. The zero-order valence-electron chi connectivity index (χ0n) is 14.9. The van der Waals surface area contributed by atoms with Gasteiger partial charge in [0.25, 0.3) is 5.91 Å². The molecule has 1 aliphatic rings. The van der Waals surface area contributed by atoms with Gasteiger partial charge in [-0.2, -0.15) is 13.2 Å². The van der Waals surface area contributed by atoms with Crippen LogP contribution in [0.3, 0.4) is 0 Å². The summed E-state index contributed by atoms with van der Waals surface area (Å²) in [7, 11) is 0. The summed E-state index contributed by atoms with van der Waals surface area (Å²) < 4.78 is 46.2. The Morgan fingerprint density at radius 3 is 2.58 bits per heavy atom. The van der Waals surface area contributed by atoms with Gasteiger partial charge in [0.2, 0.25) is 5.88 Å². The van der Waals surface area contributed by atoms with E-state index in [2.05, 4.69) is 33.8 Å². The second-order valence-electron chi connectivity index (χ2n) is 6.46. The molecule has 0 bridgehead atoms. The van der Waals surface area contributed by atoms with Gasteiger partial charge in [0.05, 0.1) is 18.8 Å². The number of hydrogen-bond acceptors (Lipinski definition) is 5. The molecule has 1 aromatic heterocycles. The van der Waals surface area contributed by atoms with Gasteiger partial charge in [-0.25, -0.2) is 4.98 Å². The molecule has 9 heteroatoms. The first kappa shape index (κ1) is 20.4. The number of alkyl halides is 3. The third kappa shape index (κ3) is 6.45. The highest BCUT2D eigenvalue weighted by Crippen LogP contribution is 2.17. The zero-order chi connectivity index (χ0) is 19.2. The fourth-order valence-corrected chi connectivity index (χ4v) is 2.75. The quantitative estimate of drug-likeness (QED) is 0.791. The Morgan fingerprint density at radius 1 is 1.35 bits per heavy atom. The number of carbonyl (C=O) groups is 1. The van der Waals surface area contributed by atoms with Crippen molar-refractivity contribution < 1.29 is 27.4 Å². The Labute approximate surface area is 150 Å². The summed E-state index contributed by atoms with van der Waals surface area (Å²) in [5.74, 6) is -0.143. The van der Waals surface area contributed by atoms with Crippen LogP contribution in [0.15, 0.2) is 18.3 Å². The van der Waals surface area contributed by atoms with E-state index in [1.165, 1.54) is 18.3 Å². The number of amides is 1. The lowest BCUT2D eigenvalue weighted by Gasteiger charge is -2.36. The second-order valence-corrected chi connectivity index (χ2v) is 6.46. The summed E-state index contributed by atoms with van der Waals surface area (Å²) in [5, 5.41) is 2.87. The third-order valence-electron chi connectivity index (χ3n) is 4.14. The minimum Gasteiger partial charge on any atom is -0.468 e. The summed E-state index contributed by atoms with van der Waals surface area (Å²) >= 11 is 0. The maximum absolute atomic E-state index is 12.3. The molecule has 1 atom stereocenters. The lowest BCUT2D eigenvalue weighted by atomic mass is 10.0. The molecule has 1 aromatic rings. The summed E-state index contributed by atoms with van der Waals surface area (Å²) in [6.45, 7) is 6.27. The summed E-state index contributed by atoms with van der Waals surface area (Å²) in [4.78, 5) is 18.3. The molecular weight excluding hydrogens is 351 g/mol. The number of carbonyl (C=O) groups excluding carboxylic acids is 1. The smallest absolute Gasteiger partial charge is 0.422 e. The molecule has 1 saturated heterocycles. The molecule has 1 amide bonds. The molecule has 0 radical (unpaired) electrons. The molecule has 2 rings (SSSR count). The molecule has 6 nitrogen and oxygen atoms in total. The largest absolute Gasteiger partial charge is 0.468 e. The Hall–Kier alpha value is -1.87. The van der Waals surface area contributed by atoms with Crippen LogP contribution in [-0.2, 0) is 4.74 Å². The van der Waals surface area contributed by atoms with E-state index >= 15 is 0 Å². The fourth-order valence-electron chi connectivity index (χ4n) is 2.75. The number of rotatable bonds is 7. The zero-order valence-corrected chi connectivity index (χ0v) is 14.9. The van der Waals surface area contributed by atoms with Crippen molar-refractivity contribution in [2.24, 2.45) is 5.92 Å². The number of morpholine rings is 1. The molecule has 1 N–H and O–H groups in total. The van der Waals surface area contributed by atoms with Crippen molar-refractivity contribution in [1.82, 2.24) is 15.2 Å². The van der Waals surface area contributed by atoms with E-state index in [4.69, 9.17) is 4.74 Å². The van der Waals surface area contributed by atoms with Crippen molar-refractivity contribution in [3.05, 3.63) is 23.9 Å². The fraction of sp³-hybridized carbons (Fsp3) is 0.647. The van der Waals surface area contributed by atoms with Crippen LogP contribution in [-0.4, -0.2) is 67.5 Å². The van der Waals surface area contributed by atoms with Crippen LogP contribution in [0.5, 0.6) is 5.88 Å². The molecule has 0 saturated carbocycles. The minimum atomic E-state index is -4.43. The van der Waals surface area contributed by atoms with Gasteiger partial charge in [0.1, 0.15) is 0 Å². The Balaban J connectivity index is 1.87. The maximum atomic E-state index is 12.3. The lowest BCUT2D eigenvalue weighted by Crippen LogP contribution is -2.51. The molecule has 0 spiro atoms. The highest BCUT2D eigenvalue weighted by Gasteiger charge is 2.28. The van der Waals surface area contributed by atoms with Gasteiger partial charge in [0, 0.05) is 37.9 Å². The number of ether oxygens (including phenoxy) is 2. The van der Waals surface area contributed by atoms with E-state index in [1.807, 2.05) is 0 Å². The molecule has 146 valence electrons. The van der Waals surface area contributed by atoms with Crippen molar-refractivity contribution in [2.45, 2.75) is 26.1 Å². The number of nitrogens with zero attached hydrogens (tertiary/aromatic N) is 2. The number of pyridine rings is 1. The monoisotopic (exact) mass is 375 g/mol. The highest BCUT2D eigenvalue weighted by molar-refractivity contribution is 5.93. The SMILES string of the molecule is CC(C)C(CNC(=O)c1ccc(OCC(F)(F)F)nc1)N1CCOCC1. The van der Waals surface area contributed by atoms with Crippen molar-refractivity contribution in [2.75, 3.05) is 39.5 Å². The number of hydrogen-bond donors (Lipinski definition) is 1. The Bertz CT molecular complexity index is 573. The lowest BCUT2D eigenvalue weighted by molar-refractivity contribution is -0.154. The van der Waals surface area contributed by atoms with E-state index in [1.54, 1.807) is 0 Å². The number of halogens is 3. The normalized spacial score (nSPS) is 17.2. The van der Waals surface area contributed by atoms with Gasteiger partial charge in [0.15, 0.2) is 6.61 Å². The van der Waals surface area contributed by atoms with E-state index < -0.39 is 12.8 Å². The molecule has 0 aromatic carbocycles. The van der Waals surface area contributed by atoms with Gasteiger partial charge < -0.3 is 14.8 Å². The predicted molar refractivity (Wildman–Crippen MR) is 89.1 cm³/mol. The van der Waals surface area contributed by atoms with Crippen LogP contribution in [0.1, 0.15) is 24.2 Å². The van der Waals surface area contributed by atoms with Crippen molar-refractivity contribution in [1.29, 1.82) is 0 Å². The van der Waals surface area contributed by atoms with Crippen molar-refractivity contribution in [3.63, 3.8) is 0 Å². The second kappa shape index (κ2) is 9.18. The van der Waals surface area contributed by atoms with Gasteiger partial charge in [-0.3, -0.25) is 9.69 Å². The van der Waals surface area contributed by atoms with Crippen LogP contribution in [0.25, 0.3) is 0 Å². The Morgan fingerprint density at radius 2 is 2.04 bits per heavy atom. The van der Waals surface area contributed by atoms with E-state index in [0.717, 1.165) is 13.1 Å². The summed E-state index contributed by atoms with van der Waals surface area (Å²) in [6.07, 6.45) is -3.22. The summed E-state index contributed by atoms with van der Waals surface area (Å²) in [5.41, 5.74) is 0.272. The predicted octanol–water partition coefficient (Wildman–Crippen LogP) is 2.11. The molecular formula is C17H24F3N3O3. The molecule has 0 aliphatic carbocycles. The van der Waals surface area contributed by atoms with E-state index in [-0.39, 0.29) is 23.4 Å². The van der Waals surface area contributed by atoms with Crippen LogP contribution in [0.2, 0.25) is 0 Å². The molecule has 2 heterocycles. The molecule has 1 aliphatic heterocycles. The highest BCUT2D eigenvalue weighted by atomic mass is 19.4. The molecule has 1 unspecified atom stereocenters. The standard InChI is InChI=1S/C17H24F3N3O3/c1-12(2)14(23-5-7-25-8-6-23)10-22-16(24)13-3-4-15(21-9-13)26-11-17(18,19)20/h3-4,9,12,14H,5-8,10-11H2,1-2H3,(H,22,24). The van der Waals surface area contributed by atoms with E-state index in [0.29, 0.717) is 25.7 Å². The number of nitrogens with one attached hydrogen (secondary N) is 1. The Kier molecular flexibility index (Phi) is 7.22. The van der Waals surface area contributed by atoms with Gasteiger partial charge in [-0.15, -0.1) is 0 Å². The van der Waals surface area contributed by atoms with Crippen LogP contribution in [0.4, 0.5) is 13.2 Å². The maximum Gasteiger partial charge on any atom is 0.422 e. The average molecular weight is 375 g/mol. The first-order chi connectivity index (χ1) is 12.3. The van der Waals surface area contributed by atoms with Crippen molar-refractivity contribution >= 4 is 5.91 Å². The van der Waals surface area contributed by atoms with Crippen LogP contribution in [0, 0.1) is 5.92 Å². The van der Waals surface area contributed by atoms with Gasteiger partial charge >= 0.3 is 6.18 Å². The average Bonchev–Trinajstić information content (AvgIpc) is 2.60. The van der Waals surface area contributed by atoms with Gasteiger partial charge in [-0.1, -0.05) is 13.8 Å². The number of aromatic nitrogens is 1. The van der Waals surface area contributed by atoms with Crippen LogP contribution >= 0.6 is 0 Å². The first-order valence-corrected chi connectivity index (χ1v) is 8.52. The third-order valence-corrected chi connectivity index (χ3v) is 4.14. The minimum absolute atomic E-state index is 0.174. The van der Waals surface area contributed by atoms with Crippen molar-refractivity contribution in [3.8, 4) is 5.88 Å². The molecule has 1 fully saturated rings. The van der Waals surface area contributed by atoms with Crippen LogP contribution < -0.4 is 10.1 Å².